The number of benzene rings is 1. The van der Waals surface area contributed by atoms with Crippen LogP contribution in [0.25, 0.3) is 16.2 Å². The SMILES string of the molecule is COc1cccc(Cn2nc(C)c(NC(=O)c3cnn4c(-c5cccs5)ccnc34)c2C)c1. The number of ether oxygens (including phenoxy) is 1. The molecule has 0 saturated carbocycles. The Morgan fingerprint density at radius 1 is 1.18 bits per heavy atom. The van der Waals surface area contributed by atoms with Crippen LogP contribution >= 0.6 is 11.3 Å². The van der Waals surface area contributed by atoms with E-state index < -0.39 is 0 Å². The van der Waals surface area contributed by atoms with Crippen LogP contribution in [0.2, 0.25) is 0 Å². The highest BCUT2D eigenvalue weighted by atomic mass is 32.1. The average molecular weight is 459 g/mol. The number of hydrogen-bond donors (Lipinski definition) is 1. The number of fused-ring (bicyclic) bond motifs is 1. The monoisotopic (exact) mass is 458 g/mol. The van der Waals surface area contributed by atoms with Crippen molar-refractivity contribution < 1.29 is 9.53 Å². The van der Waals surface area contributed by atoms with E-state index >= 15 is 0 Å². The van der Waals surface area contributed by atoms with Crippen molar-refractivity contribution >= 4 is 28.6 Å². The molecule has 8 nitrogen and oxygen atoms in total. The van der Waals surface area contributed by atoms with Gasteiger partial charge in [0.15, 0.2) is 5.65 Å². The Hall–Kier alpha value is -3.98. The van der Waals surface area contributed by atoms with Crippen LogP contribution in [0, 0.1) is 13.8 Å². The minimum absolute atomic E-state index is 0.270. The van der Waals surface area contributed by atoms with Crippen molar-refractivity contribution in [2.45, 2.75) is 20.4 Å². The summed E-state index contributed by atoms with van der Waals surface area (Å²) in [4.78, 5) is 18.7. The van der Waals surface area contributed by atoms with E-state index in [2.05, 4.69) is 20.5 Å². The number of carbonyl (C=O) groups is 1. The van der Waals surface area contributed by atoms with Gasteiger partial charge in [-0.1, -0.05) is 18.2 Å². The fourth-order valence-corrected chi connectivity index (χ4v) is 4.56. The normalized spacial score (nSPS) is 11.1. The van der Waals surface area contributed by atoms with Crippen molar-refractivity contribution in [3.05, 3.63) is 82.8 Å². The predicted molar refractivity (Wildman–Crippen MR) is 128 cm³/mol. The summed E-state index contributed by atoms with van der Waals surface area (Å²) in [5.74, 6) is 0.526. The summed E-state index contributed by atoms with van der Waals surface area (Å²) in [6.45, 7) is 4.40. The molecule has 0 atom stereocenters. The van der Waals surface area contributed by atoms with Gasteiger partial charge in [-0.15, -0.1) is 11.3 Å². The molecule has 0 spiro atoms. The summed E-state index contributed by atoms with van der Waals surface area (Å²) in [5, 5.41) is 14.1. The summed E-state index contributed by atoms with van der Waals surface area (Å²) >= 11 is 1.61. The molecule has 0 radical (unpaired) electrons. The van der Waals surface area contributed by atoms with Crippen LogP contribution in [0.4, 0.5) is 5.69 Å². The number of carbonyl (C=O) groups excluding carboxylic acids is 1. The van der Waals surface area contributed by atoms with Crippen LogP contribution in [-0.2, 0) is 6.54 Å². The molecule has 1 aromatic carbocycles. The molecular formula is C24H22N6O2S. The molecule has 166 valence electrons. The molecule has 4 aromatic heterocycles. The summed E-state index contributed by atoms with van der Waals surface area (Å²) < 4.78 is 8.89. The van der Waals surface area contributed by atoms with Gasteiger partial charge in [0.2, 0.25) is 0 Å². The third-order valence-corrected chi connectivity index (χ3v) is 6.40. The molecule has 0 aliphatic rings. The fraction of sp³-hybridized carbons (Fsp3) is 0.167. The molecule has 0 fully saturated rings. The second-order valence-corrected chi connectivity index (χ2v) is 8.56. The molecule has 5 rings (SSSR count). The van der Waals surface area contributed by atoms with Gasteiger partial charge in [0.05, 0.1) is 47.5 Å². The maximum Gasteiger partial charge on any atom is 0.261 e. The highest BCUT2D eigenvalue weighted by Gasteiger charge is 2.20. The van der Waals surface area contributed by atoms with E-state index in [9.17, 15) is 4.79 Å². The number of amides is 1. The molecule has 0 aliphatic heterocycles. The summed E-state index contributed by atoms with van der Waals surface area (Å²) in [6.07, 6.45) is 3.26. The molecule has 1 amide bonds. The lowest BCUT2D eigenvalue weighted by molar-refractivity contribution is 0.102. The maximum atomic E-state index is 13.2. The van der Waals surface area contributed by atoms with Crippen molar-refractivity contribution in [3.63, 3.8) is 0 Å². The van der Waals surface area contributed by atoms with Crippen LogP contribution in [-0.4, -0.2) is 37.4 Å². The van der Waals surface area contributed by atoms with E-state index in [1.54, 1.807) is 35.4 Å². The summed E-state index contributed by atoms with van der Waals surface area (Å²) in [6, 6.07) is 13.8. The van der Waals surface area contributed by atoms with Gasteiger partial charge in [-0.25, -0.2) is 9.50 Å². The van der Waals surface area contributed by atoms with Gasteiger partial charge in [0.1, 0.15) is 11.3 Å². The molecule has 4 heterocycles. The van der Waals surface area contributed by atoms with E-state index in [1.807, 2.05) is 66.4 Å². The topological polar surface area (TPSA) is 86.3 Å². The van der Waals surface area contributed by atoms with Crippen LogP contribution in [0.15, 0.2) is 60.2 Å². The molecule has 0 saturated heterocycles. The largest absolute Gasteiger partial charge is 0.497 e. The van der Waals surface area contributed by atoms with E-state index in [-0.39, 0.29) is 5.91 Å². The van der Waals surface area contributed by atoms with Crippen LogP contribution < -0.4 is 10.1 Å². The Labute approximate surface area is 194 Å². The van der Waals surface area contributed by atoms with Gasteiger partial charge < -0.3 is 10.1 Å². The number of anilines is 1. The predicted octanol–water partition coefficient (Wildman–Crippen LogP) is 4.58. The summed E-state index contributed by atoms with van der Waals surface area (Å²) in [7, 11) is 1.65. The van der Waals surface area contributed by atoms with E-state index in [1.165, 1.54) is 0 Å². The number of hydrogen-bond acceptors (Lipinski definition) is 6. The number of thiophene rings is 1. The zero-order valence-corrected chi connectivity index (χ0v) is 19.3. The standard InChI is InChI=1S/C24H22N6O2S/c1-15-22(16(2)29(28-15)14-17-6-4-7-18(12-17)32-3)27-24(31)19-13-26-30-20(9-10-25-23(19)30)21-8-5-11-33-21/h4-13H,14H2,1-3H3,(H,27,31). The lowest BCUT2D eigenvalue weighted by Gasteiger charge is -2.08. The lowest BCUT2D eigenvalue weighted by Crippen LogP contribution is -2.13. The average Bonchev–Trinajstić information content (AvgIpc) is 3.56. The van der Waals surface area contributed by atoms with Gasteiger partial charge >= 0.3 is 0 Å². The molecule has 33 heavy (non-hydrogen) atoms. The first-order chi connectivity index (χ1) is 16.0. The molecule has 0 bridgehead atoms. The van der Waals surface area contributed by atoms with Crippen LogP contribution in [0.5, 0.6) is 5.75 Å². The zero-order valence-electron chi connectivity index (χ0n) is 18.4. The third kappa shape index (κ3) is 3.87. The Bertz CT molecular complexity index is 1450. The van der Waals surface area contributed by atoms with Crippen molar-refractivity contribution in [1.82, 2.24) is 24.4 Å². The van der Waals surface area contributed by atoms with Crippen LogP contribution in [0.1, 0.15) is 27.3 Å². The second-order valence-electron chi connectivity index (χ2n) is 7.61. The van der Waals surface area contributed by atoms with Crippen molar-refractivity contribution in [3.8, 4) is 16.3 Å². The summed E-state index contributed by atoms with van der Waals surface area (Å²) in [5.41, 5.74) is 5.18. The molecule has 9 heteroatoms. The van der Waals surface area contributed by atoms with Crippen molar-refractivity contribution in [2.24, 2.45) is 0 Å². The number of rotatable bonds is 6. The Balaban J connectivity index is 1.43. The van der Waals surface area contributed by atoms with Gasteiger partial charge in [0, 0.05) is 6.20 Å². The molecule has 0 aliphatic carbocycles. The smallest absolute Gasteiger partial charge is 0.261 e. The minimum Gasteiger partial charge on any atom is -0.497 e. The Morgan fingerprint density at radius 2 is 2.06 bits per heavy atom. The number of aromatic nitrogens is 5. The highest BCUT2D eigenvalue weighted by Crippen LogP contribution is 2.26. The molecule has 1 N–H and O–H groups in total. The molecule has 5 aromatic rings. The number of nitrogens with zero attached hydrogens (tertiary/aromatic N) is 5. The van der Waals surface area contributed by atoms with Gasteiger partial charge in [-0.3, -0.25) is 9.48 Å². The number of aryl methyl sites for hydroxylation is 1. The quantitative estimate of drug-likeness (QED) is 0.403. The fourth-order valence-electron chi connectivity index (χ4n) is 3.82. The number of methoxy groups -OCH3 is 1. The van der Waals surface area contributed by atoms with Crippen LogP contribution in [0.3, 0.4) is 0 Å². The zero-order chi connectivity index (χ0) is 22.9. The Kier molecular flexibility index (Phi) is 5.39. The van der Waals surface area contributed by atoms with Gasteiger partial charge in [0.25, 0.3) is 5.91 Å². The van der Waals surface area contributed by atoms with Crippen molar-refractivity contribution in [2.75, 3.05) is 12.4 Å². The van der Waals surface area contributed by atoms with E-state index in [0.717, 1.165) is 33.3 Å². The molecule has 0 unspecified atom stereocenters. The highest BCUT2D eigenvalue weighted by molar-refractivity contribution is 7.13. The minimum atomic E-state index is -0.270. The lowest BCUT2D eigenvalue weighted by atomic mass is 10.2. The molecular weight excluding hydrogens is 436 g/mol. The van der Waals surface area contributed by atoms with E-state index in [4.69, 9.17) is 4.74 Å². The maximum absolute atomic E-state index is 13.2. The Morgan fingerprint density at radius 3 is 2.85 bits per heavy atom. The first-order valence-electron chi connectivity index (χ1n) is 10.4. The first kappa shape index (κ1) is 20.9. The van der Waals surface area contributed by atoms with E-state index in [0.29, 0.717) is 23.4 Å². The number of nitrogens with one attached hydrogen (secondary N) is 1. The first-order valence-corrected chi connectivity index (χ1v) is 11.3. The van der Waals surface area contributed by atoms with Gasteiger partial charge in [-0.2, -0.15) is 10.2 Å². The third-order valence-electron chi connectivity index (χ3n) is 5.51. The second kappa shape index (κ2) is 8.51. The van der Waals surface area contributed by atoms with Gasteiger partial charge in [-0.05, 0) is 49.1 Å². The van der Waals surface area contributed by atoms with Crippen molar-refractivity contribution in [1.29, 1.82) is 0 Å².